The van der Waals surface area contributed by atoms with E-state index in [4.69, 9.17) is 0 Å². The highest BCUT2D eigenvalue weighted by molar-refractivity contribution is 4.80. The summed E-state index contributed by atoms with van der Waals surface area (Å²) in [5.74, 6) is 1.89. The van der Waals surface area contributed by atoms with Crippen molar-refractivity contribution >= 4 is 0 Å². The van der Waals surface area contributed by atoms with Gasteiger partial charge in [-0.25, -0.2) is 0 Å². The van der Waals surface area contributed by atoms with E-state index in [-0.39, 0.29) is 0 Å². The molecule has 1 heterocycles. The molecule has 0 bridgehead atoms. The molecule has 32 heavy (non-hydrogen) atoms. The van der Waals surface area contributed by atoms with Crippen LogP contribution in [-0.4, -0.2) is 49.1 Å². The third kappa shape index (κ3) is 14.2. The van der Waals surface area contributed by atoms with Crippen LogP contribution >= 0.6 is 0 Å². The lowest BCUT2D eigenvalue weighted by atomic mass is 9.92. The number of hydrogen-bond donors (Lipinski definition) is 0. The highest BCUT2D eigenvalue weighted by Gasteiger charge is 2.24. The average molecular weight is 451 g/mol. The van der Waals surface area contributed by atoms with Crippen molar-refractivity contribution in [1.29, 1.82) is 0 Å². The Morgan fingerprint density at radius 2 is 1.16 bits per heavy atom. The van der Waals surface area contributed by atoms with Crippen LogP contribution in [0.1, 0.15) is 143 Å². The lowest BCUT2D eigenvalue weighted by Crippen LogP contribution is -2.45. The van der Waals surface area contributed by atoms with Gasteiger partial charge in [0.2, 0.25) is 0 Å². The van der Waals surface area contributed by atoms with Gasteiger partial charge in [-0.1, -0.05) is 111 Å². The molecule has 0 aromatic rings. The molecular weight excluding hydrogens is 388 g/mol. The molecular formula is C30H62N2. The van der Waals surface area contributed by atoms with Crippen molar-refractivity contribution in [2.75, 3.05) is 33.2 Å². The van der Waals surface area contributed by atoms with Gasteiger partial charge in [-0.3, -0.25) is 0 Å². The molecule has 0 aromatic carbocycles. The number of nitrogens with zero attached hydrogens (tertiary/aromatic N) is 2. The summed E-state index contributed by atoms with van der Waals surface area (Å²) in [7, 11) is 2.44. The Morgan fingerprint density at radius 1 is 0.656 bits per heavy atom. The predicted molar refractivity (Wildman–Crippen MR) is 146 cm³/mol. The standard InChI is InChI=1S/C30H62N2/c1-6-10-13-16-19-29(20-17-14-11-7-2)27-31(5)30-22-25-32(26-23-30)24-21-28(9-4)18-15-12-8-3/h28-30H,6-27H2,1-5H3. The van der Waals surface area contributed by atoms with Gasteiger partial charge in [0.15, 0.2) is 0 Å². The smallest absolute Gasteiger partial charge is 0.0117 e. The fourth-order valence-corrected chi connectivity index (χ4v) is 5.79. The van der Waals surface area contributed by atoms with Gasteiger partial charge in [-0.2, -0.15) is 0 Å². The van der Waals surface area contributed by atoms with E-state index in [1.807, 2.05) is 0 Å². The van der Waals surface area contributed by atoms with Crippen LogP contribution in [0.3, 0.4) is 0 Å². The van der Waals surface area contributed by atoms with Gasteiger partial charge >= 0.3 is 0 Å². The lowest BCUT2D eigenvalue weighted by molar-refractivity contribution is 0.107. The molecule has 0 spiro atoms. The summed E-state index contributed by atoms with van der Waals surface area (Å²) in [6.07, 6.45) is 25.6. The molecule has 2 heteroatoms. The van der Waals surface area contributed by atoms with Gasteiger partial charge in [0.05, 0.1) is 0 Å². The number of piperidine rings is 1. The van der Waals surface area contributed by atoms with Gasteiger partial charge in [0, 0.05) is 12.6 Å². The maximum atomic E-state index is 2.78. The number of hydrogen-bond acceptors (Lipinski definition) is 2. The van der Waals surface area contributed by atoms with E-state index in [1.54, 1.807) is 0 Å². The molecule has 1 atom stereocenters. The Morgan fingerprint density at radius 3 is 1.69 bits per heavy atom. The van der Waals surface area contributed by atoms with E-state index in [1.165, 1.54) is 142 Å². The molecule has 1 fully saturated rings. The Bertz CT molecular complexity index is 376. The SMILES string of the molecule is CCCCCCC(CCCCCC)CN(C)C1CCN(CCC(CC)CCCCC)CC1. The Hall–Kier alpha value is -0.0800. The van der Waals surface area contributed by atoms with Crippen molar-refractivity contribution in [2.45, 2.75) is 149 Å². The van der Waals surface area contributed by atoms with Gasteiger partial charge in [0.1, 0.15) is 0 Å². The summed E-state index contributed by atoms with van der Waals surface area (Å²) in [6.45, 7) is 14.7. The molecule has 192 valence electrons. The molecule has 0 radical (unpaired) electrons. The van der Waals surface area contributed by atoms with Gasteiger partial charge in [-0.05, 0) is 70.6 Å². The molecule has 2 nitrogen and oxygen atoms in total. The first-order valence-corrected chi connectivity index (χ1v) is 15.1. The third-order valence-electron chi connectivity index (χ3n) is 8.31. The Labute approximate surface area is 204 Å². The highest BCUT2D eigenvalue weighted by Crippen LogP contribution is 2.24. The van der Waals surface area contributed by atoms with Crippen molar-refractivity contribution in [2.24, 2.45) is 11.8 Å². The van der Waals surface area contributed by atoms with Crippen molar-refractivity contribution in [3.05, 3.63) is 0 Å². The summed E-state index contributed by atoms with van der Waals surface area (Å²) in [4.78, 5) is 5.54. The second kappa shape index (κ2) is 20.3. The van der Waals surface area contributed by atoms with Gasteiger partial charge in [-0.15, -0.1) is 0 Å². The molecule has 0 aromatic heterocycles. The summed E-state index contributed by atoms with van der Waals surface area (Å²) in [5.41, 5.74) is 0. The summed E-state index contributed by atoms with van der Waals surface area (Å²) < 4.78 is 0. The number of unbranched alkanes of at least 4 members (excludes halogenated alkanes) is 8. The second-order valence-corrected chi connectivity index (χ2v) is 11.1. The first-order chi connectivity index (χ1) is 15.6. The zero-order valence-corrected chi connectivity index (χ0v) is 23.2. The highest BCUT2D eigenvalue weighted by atomic mass is 15.2. The van der Waals surface area contributed by atoms with Crippen LogP contribution in [0.15, 0.2) is 0 Å². The maximum absolute atomic E-state index is 2.78. The van der Waals surface area contributed by atoms with Gasteiger partial charge in [0.25, 0.3) is 0 Å². The minimum Gasteiger partial charge on any atom is -0.303 e. The first kappa shape index (κ1) is 30.0. The molecule has 0 N–H and O–H groups in total. The van der Waals surface area contributed by atoms with Crippen LogP contribution in [-0.2, 0) is 0 Å². The molecule has 1 unspecified atom stereocenters. The van der Waals surface area contributed by atoms with Crippen LogP contribution in [0.2, 0.25) is 0 Å². The second-order valence-electron chi connectivity index (χ2n) is 11.1. The minimum absolute atomic E-state index is 0.826. The van der Waals surface area contributed by atoms with Crippen molar-refractivity contribution in [1.82, 2.24) is 9.80 Å². The predicted octanol–water partition coefficient (Wildman–Crippen LogP) is 8.94. The van der Waals surface area contributed by atoms with Crippen LogP contribution in [0, 0.1) is 11.8 Å². The van der Waals surface area contributed by atoms with E-state index >= 15 is 0 Å². The average Bonchev–Trinajstić information content (AvgIpc) is 2.81. The molecule has 1 aliphatic heterocycles. The minimum atomic E-state index is 0.826. The Kier molecular flexibility index (Phi) is 19.0. The van der Waals surface area contributed by atoms with Crippen molar-refractivity contribution in [3.63, 3.8) is 0 Å². The normalized spacial score (nSPS) is 17.0. The summed E-state index contributed by atoms with van der Waals surface area (Å²) >= 11 is 0. The van der Waals surface area contributed by atoms with Crippen LogP contribution in [0.25, 0.3) is 0 Å². The topological polar surface area (TPSA) is 6.48 Å². The molecule has 1 aliphatic rings. The molecule has 0 saturated carbocycles. The zero-order chi connectivity index (χ0) is 23.4. The van der Waals surface area contributed by atoms with E-state index in [0.29, 0.717) is 0 Å². The van der Waals surface area contributed by atoms with Crippen molar-refractivity contribution < 1.29 is 0 Å². The van der Waals surface area contributed by atoms with Crippen LogP contribution in [0.4, 0.5) is 0 Å². The molecule has 0 amide bonds. The van der Waals surface area contributed by atoms with Crippen LogP contribution in [0.5, 0.6) is 0 Å². The summed E-state index contributed by atoms with van der Waals surface area (Å²) in [5, 5.41) is 0. The largest absolute Gasteiger partial charge is 0.303 e. The van der Waals surface area contributed by atoms with Gasteiger partial charge < -0.3 is 9.80 Å². The Balaban J connectivity index is 2.33. The van der Waals surface area contributed by atoms with E-state index in [9.17, 15) is 0 Å². The number of rotatable bonds is 21. The quantitative estimate of drug-likeness (QED) is 0.161. The summed E-state index contributed by atoms with van der Waals surface area (Å²) in [6, 6.07) is 0.826. The third-order valence-corrected chi connectivity index (χ3v) is 8.31. The number of likely N-dealkylation sites (tertiary alicyclic amines) is 1. The molecule has 1 saturated heterocycles. The zero-order valence-electron chi connectivity index (χ0n) is 23.2. The first-order valence-electron chi connectivity index (χ1n) is 15.1. The van der Waals surface area contributed by atoms with Crippen LogP contribution < -0.4 is 0 Å². The lowest BCUT2D eigenvalue weighted by Gasteiger charge is -2.38. The van der Waals surface area contributed by atoms with E-state index in [2.05, 4.69) is 44.5 Å². The van der Waals surface area contributed by atoms with Crippen molar-refractivity contribution in [3.8, 4) is 0 Å². The van der Waals surface area contributed by atoms with E-state index in [0.717, 1.165) is 17.9 Å². The molecule has 0 aliphatic carbocycles. The van der Waals surface area contributed by atoms with E-state index < -0.39 is 0 Å². The maximum Gasteiger partial charge on any atom is 0.0117 e. The monoisotopic (exact) mass is 450 g/mol. The molecule has 1 rings (SSSR count). The fraction of sp³-hybridized carbons (Fsp3) is 1.00. The fourth-order valence-electron chi connectivity index (χ4n) is 5.79.